The molecule has 1 aromatic heterocycles. The fourth-order valence-electron chi connectivity index (χ4n) is 3.37. The van der Waals surface area contributed by atoms with Crippen molar-refractivity contribution in [2.24, 2.45) is 0 Å². The minimum absolute atomic E-state index is 0.136. The molecule has 1 N–H and O–H groups in total. The van der Waals surface area contributed by atoms with E-state index in [1.54, 1.807) is 7.11 Å². The largest absolute Gasteiger partial charge is 0.383 e. The molecule has 1 atom stereocenters. The zero-order chi connectivity index (χ0) is 19.1. The lowest BCUT2D eigenvalue weighted by molar-refractivity contribution is 0.0929. The van der Waals surface area contributed by atoms with Crippen molar-refractivity contribution in [1.29, 1.82) is 0 Å². The van der Waals surface area contributed by atoms with Crippen LogP contribution in [0.3, 0.4) is 0 Å². The number of likely N-dealkylation sites (tertiary alicyclic amines) is 1. The van der Waals surface area contributed by atoms with E-state index < -0.39 is 0 Å². The summed E-state index contributed by atoms with van der Waals surface area (Å²) in [6.07, 6.45) is 2.37. The van der Waals surface area contributed by atoms with Gasteiger partial charge in [-0.05, 0) is 37.6 Å². The standard InChI is InChI=1S/C20H26N4O3/c1-27-14-13-24-19(25)10-9-17(22-24)20(26)21-15-18(23-11-5-6-12-23)16-7-3-2-4-8-16/h2-4,7-10,18H,5-6,11-15H2,1H3,(H,21,26)/t18-/m1/s1. The van der Waals surface area contributed by atoms with Gasteiger partial charge in [-0.1, -0.05) is 30.3 Å². The highest BCUT2D eigenvalue weighted by atomic mass is 16.5. The normalized spacial score (nSPS) is 15.6. The fraction of sp³-hybridized carbons (Fsp3) is 0.450. The van der Waals surface area contributed by atoms with Gasteiger partial charge in [-0.25, -0.2) is 4.68 Å². The molecule has 0 radical (unpaired) electrons. The first-order chi connectivity index (χ1) is 13.2. The van der Waals surface area contributed by atoms with Crippen molar-refractivity contribution in [2.75, 3.05) is 33.4 Å². The van der Waals surface area contributed by atoms with Crippen molar-refractivity contribution in [3.63, 3.8) is 0 Å². The van der Waals surface area contributed by atoms with Crippen molar-refractivity contribution in [1.82, 2.24) is 20.0 Å². The van der Waals surface area contributed by atoms with Gasteiger partial charge in [-0.3, -0.25) is 14.5 Å². The Morgan fingerprint density at radius 1 is 1.19 bits per heavy atom. The Balaban J connectivity index is 1.70. The molecule has 0 bridgehead atoms. The van der Waals surface area contributed by atoms with Gasteiger partial charge in [0.2, 0.25) is 0 Å². The van der Waals surface area contributed by atoms with Crippen LogP contribution in [0.25, 0.3) is 0 Å². The van der Waals surface area contributed by atoms with Crippen molar-refractivity contribution in [2.45, 2.75) is 25.4 Å². The minimum atomic E-state index is -0.277. The van der Waals surface area contributed by atoms with Crippen molar-refractivity contribution in [3.05, 3.63) is 64.1 Å². The van der Waals surface area contributed by atoms with Crippen LogP contribution in [0.4, 0.5) is 0 Å². The number of amides is 1. The SMILES string of the molecule is COCCn1nc(C(=O)NC[C@H](c2ccccc2)N2CCCC2)ccc1=O. The molecule has 0 aliphatic carbocycles. The van der Waals surface area contributed by atoms with Crippen LogP contribution in [-0.2, 0) is 11.3 Å². The van der Waals surface area contributed by atoms with E-state index in [0.29, 0.717) is 19.7 Å². The van der Waals surface area contributed by atoms with Crippen molar-refractivity contribution < 1.29 is 9.53 Å². The first-order valence-corrected chi connectivity index (χ1v) is 9.33. The van der Waals surface area contributed by atoms with Gasteiger partial charge >= 0.3 is 0 Å². The van der Waals surface area contributed by atoms with Crippen molar-refractivity contribution >= 4 is 5.91 Å². The lowest BCUT2D eigenvalue weighted by Crippen LogP contribution is -2.38. The van der Waals surface area contributed by atoms with Crippen LogP contribution in [0.15, 0.2) is 47.3 Å². The molecule has 1 amide bonds. The van der Waals surface area contributed by atoms with Crippen LogP contribution in [0.1, 0.15) is 34.9 Å². The summed E-state index contributed by atoms with van der Waals surface area (Å²) in [5.41, 5.74) is 1.18. The highest BCUT2D eigenvalue weighted by Gasteiger charge is 2.24. The Morgan fingerprint density at radius 3 is 2.63 bits per heavy atom. The van der Waals surface area contributed by atoms with Crippen LogP contribution >= 0.6 is 0 Å². The molecule has 1 aromatic carbocycles. The number of methoxy groups -OCH3 is 1. The van der Waals surface area contributed by atoms with Crippen LogP contribution < -0.4 is 10.9 Å². The van der Waals surface area contributed by atoms with Gasteiger partial charge in [0.05, 0.1) is 19.2 Å². The van der Waals surface area contributed by atoms with E-state index in [0.717, 1.165) is 13.1 Å². The van der Waals surface area contributed by atoms with E-state index in [1.165, 1.54) is 35.2 Å². The number of hydrogen-bond acceptors (Lipinski definition) is 5. The lowest BCUT2D eigenvalue weighted by atomic mass is 10.1. The highest BCUT2D eigenvalue weighted by Crippen LogP contribution is 2.24. The molecule has 1 aliphatic rings. The lowest BCUT2D eigenvalue weighted by Gasteiger charge is -2.28. The summed E-state index contributed by atoms with van der Waals surface area (Å²) < 4.78 is 6.24. The monoisotopic (exact) mass is 370 g/mol. The van der Waals surface area contributed by atoms with E-state index >= 15 is 0 Å². The maximum atomic E-state index is 12.6. The fourth-order valence-corrected chi connectivity index (χ4v) is 3.37. The number of nitrogens with zero attached hydrogens (tertiary/aromatic N) is 3. The second-order valence-electron chi connectivity index (χ2n) is 6.65. The Kier molecular flexibility index (Phi) is 6.73. The van der Waals surface area contributed by atoms with Gasteiger partial charge in [0, 0.05) is 19.7 Å². The molecule has 3 rings (SSSR count). The molecule has 2 heterocycles. The Bertz CT molecular complexity index is 800. The molecule has 7 nitrogen and oxygen atoms in total. The number of nitrogens with one attached hydrogen (secondary N) is 1. The molecule has 0 unspecified atom stereocenters. The molecule has 7 heteroatoms. The minimum Gasteiger partial charge on any atom is -0.383 e. The predicted molar refractivity (Wildman–Crippen MR) is 103 cm³/mol. The first kappa shape index (κ1) is 19.3. The van der Waals surface area contributed by atoms with E-state index in [2.05, 4.69) is 27.4 Å². The molecular formula is C20H26N4O3. The third-order valence-corrected chi connectivity index (χ3v) is 4.83. The summed E-state index contributed by atoms with van der Waals surface area (Å²) in [5.74, 6) is -0.277. The van der Waals surface area contributed by atoms with Crippen LogP contribution in [-0.4, -0.2) is 53.9 Å². The zero-order valence-electron chi connectivity index (χ0n) is 15.6. The molecule has 27 heavy (non-hydrogen) atoms. The molecule has 1 aliphatic heterocycles. The van der Waals surface area contributed by atoms with Crippen LogP contribution in [0.5, 0.6) is 0 Å². The van der Waals surface area contributed by atoms with Gasteiger partial charge in [-0.2, -0.15) is 5.10 Å². The Hall–Kier alpha value is -2.51. The number of rotatable bonds is 8. The zero-order valence-corrected chi connectivity index (χ0v) is 15.6. The Labute approximate surface area is 158 Å². The second kappa shape index (κ2) is 9.43. The maximum Gasteiger partial charge on any atom is 0.271 e. The van der Waals surface area contributed by atoms with Crippen LogP contribution in [0.2, 0.25) is 0 Å². The third-order valence-electron chi connectivity index (χ3n) is 4.83. The quantitative estimate of drug-likeness (QED) is 0.761. The number of aromatic nitrogens is 2. The number of hydrogen-bond donors (Lipinski definition) is 1. The summed E-state index contributed by atoms with van der Waals surface area (Å²) in [6.45, 7) is 3.26. The number of ether oxygens (including phenoxy) is 1. The van der Waals surface area contributed by atoms with E-state index in [-0.39, 0.29) is 23.2 Å². The molecular weight excluding hydrogens is 344 g/mol. The Morgan fingerprint density at radius 2 is 1.93 bits per heavy atom. The molecule has 1 fully saturated rings. The molecule has 2 aromatic rings. The summed E-state index contributed by atoms with van der Waals surface area (Å²) in [4.78, 5) is 26.8. The summed E-state index contributed by atoms with van der Waals surface area (Å²) in [5, 5.41) is 7.14. The van der Waals surface area contributed by atoms with Gasteiger partial charge in [0.1, 0.15) is 5.69 Å². The van der Waals surface area contributed by atoms with Gasteiger partial charge < -0.3 is 10.1 Å². The highest BCUT2D eigenvalue weighted by molar-refractivity contribution is 5.92. The smallest absolute Gasteiger partial charge is 0.271 e. The van der Waals surface area contributed by atoms with Crippen molar-refractivity contribution in [3.8, 4) is 0 Å². The maximum absolute atomic E-state index is 12.6. The number of carbonyl (C=O) groups is 1. The molecule has 0 spiro atoms. The number of carbonyl (C=O) groups excluding carboxylic acids is 1. The van der Waals surface area contributed by atoms with Crippen LogP contribution in [0, 0.1) is 0 Å². The van der Waals surface area contributed by atoms with Gasteiger partial charge in [0.25, 0.3) is 11.5 Å². The number of benzene rings is 1. The van der Waals surface area contributed by atoms with Gasteiger partial charge in [-0.15, -0.1) is 0 Å². The van der Waals surface area contributed by atoms with E-state index in [1.807, 2.05) is 18.2 Å². The third kappa shape index (κ3) is 5.02. The topological polar surface area (TPSA) is 76.5 Å². The first-order valence-electron chi connectivity index (χ1n) is 9.33. The molecule has 0 saturated carbocycles. The summed E-state index contributed by atoms with van der Waals surface area (Å²) >= 11 is 0. The predicted octanol–water partition coefficient (Wildman–Crippen LogP) is 1.46. The summed E-state index contributed by atoms with van der Waals surface area (Å²) in [6, 6.07) is 13.2. The summed E-state index contributed by atoms with van der Waals surface area (Å²) in [7, 11) is 1.56. The molecule has 1 saturated heterocycles. The average Bonchev–Trinajstić information content (AvgIpc) is 3.22. The second-order valence-corrected chi connectivity index (χ2v) is 6.65. The van der Waals surface area contributed by atoms with E-state index in [9.17, 15) is 9.59 Å². The van der Waals surface area contributed by atoms with E-state index in [4.69, 9.17) is 4.74 Å². The average molecular weight is 370 g/mol. The van der Waals surface area contributed by atoms with Gasteiger partial charge in [0.15, 0.2) is 0 Å². The molecule has 144 valence electrons.